The number of anilines is 1. The molecule has 0 spiro atoms. The van der Waals surface area contributed by atoms with Crippen LogP contribution in [-0.4, -0.2) is 19.1 Å². The third-order valence-corrected chi connectivity index (χ3v) is 3.16. The lowest BCUT2D eigenvalue weighted by molar-refractivity contribution is 0.367. The Morgan fingerprint density at radius 1 is 1.40 bits per heavy atom. The van der Waals surface area contributed by atoms with Gasteiger partial charge in [-0.15, -0.1) is 0 Å². The molecule has 1 aliphatic heterocycles. The minimum Gasteiger partial charge on any atom is -0.399 e. The van der Waals surface area contributed by atoms with E-state index < -0.39 is 0 Å². The van der Waals surface area contributed by atoms with E-state index in [1.165, 1.54) is 12.0 Å². The van der Waals surface area contributed by atoms with E-state index in [1.54, 1.807) is 0 Å². The van der Waals surface area contributed by atoms with Crippen LogP contribution in [0.5, 0.6) is 0 Å². The van der Waals surface area contributed by atoms with Crippen LogP contribution in [0.25, 0.3) is 0 Å². The number of nitrogens with two attached hydrogens (primary N) is 2. The summed E-state index contributed by atoms with van der Waals surface area (Å²) < 4.78 is 0. The van der Waals surface area contributed by atoms with E-state index in [9.17, 15) is 0 Å². The van der Waals surface area contributed by atoms with Gasteiger partial charge in [0, 0.05) is 18.3 Å². The third kappa shape index (κ3) is 2.49. The lowest BCUT2D eigenvalue weighted by Crippen LogP contribution is -2.42. The van der Waals surface area contributed by atoms with Crippen LogP contribution in [0.1, 0.15) is 24.3 Å². The molecule has 3 nitrogen and oxygen atoms in total. The van der Waals surface area contributed by atoms with Crippen LogP contribution in [0.3, 0.4) is 0 Å². The van der Waals surface area contributed by atoms with Crippen LogP contribution in [0.15, 0.2) is 24.3 Å². The van der Waals surface area contributed by atoms with Crippen LogP contribution in [0.2, 0.25) is 0 Å². The minimum atomic E-state index is 0.463. The normalized spacial score (nSPS) is 26.5. The molecule has 0 aliphatic carbocycles. The predicted molar refractivity (Wildman–Crippen MR) is 63.7 cm³/mol. The maximum absolute atomic E-state index is 5.79. The van der Waals surface area contributed by atoms with Gasteiger partial charge in [0.05, 0.1) is 0 Å². The number of hydrogen-bond donors (Lipinski definition) is 3. The van der Waals surface area contributed by atoms with Crippen LogP contribution in [0.4, 0.5) is 5.69 Å². The van der Waals surface area contributed by atoms with Crippen LogP contribution in [0, 0.1) is 0 Å². The average molecular weight is 205 g/mol. The van der Waals surface area contributed by atoms with E-state index in [0.29, 0.717) is 12.0 Å². The first-order valence-corrected chi connectivity index (χ1v) is 5.58. The van der Waals surface area contributed by atoms with E-state index >= 15 is 0 Å². The molecule has 3 heteroatoms. The predicted octanol–water partition coefficient (Wildman–Crippen LogP) is 1.06. The molecule has 0 radical (unpaired) electrons. The van der Waals surface area contributed by atoms with Crippen molar-refractivity contribution in [1.29, 1.82) is 0 Å². The Kier molecular flexibility index (Phi) is 3.23. The van der Waals surface area contributed by atoms with E-state index in [4.69, 9.17) is 11.5 Å². The fraction of sp³-hybridized carbons (Fsp3) is 0.500. The van der Waals surface area contributed by atoms with Crippen molar-refractivity contribution >= 4 is 5.69 Å². The van der Waals surface area contributed by atoms with Crippen LogP contribution >= 0.6 is 0 Å². The van der Waals surface area contributed by atoms with Crippen molar-refractivity contribution in [3.63, 3.8) is 0 Å². The van der Waals surface area contributed by atoms with Crippen molar-refractivity contribution in [2.24, 2.45) is 5.73 Å². The van der Waals surface area contributed by atoms with Gasteiger partial charge >= 0.3 is 0 Å². The molecule has 1 fully saturated rings. The number of nitrogens with one attached hydrogen (secondary N) is 1. The molecule has 2 unspecified atom stereocenters. The summed E-state index contributed by atoms with van der Waals surface area (Å²) in [6.07, 6.45) is 2.31. The first kappa shape index (κ1) is 10.5. The topological polar surface area (TPSA) is 64.1 Å². The minimum absolute atomic E-state index is 0.463. The highest BCUT2D eigenvalue weighted by Crippen LogP contribution is 2.28. The summed E-state index contributed by atoms with van der Waals surface area (Å²) in [4.78, 5) is 0. The molecule has 0 amide bonds. The highest BCUT2D eigenvalue weighted by atomic mass is 14.9. The summed E-state index contributed by atoms with van der Waals surface area (Å²) in [5.74, 6) is 0.614. The highest BCUT2D eigenvalue weighted by Gasteiger charge is 2.21. The monoisotopic (exact) mass is 205 g/mol. The lowest BCUT2D eigenvalue weighted by Gasteiger charge is -2.30. The molecule has 1 saturated heterocycles. The molecule has 5 N–H and O–H groups in total. The van der Waals surface area contributed by atoms with Crippen LogP contribution < -0.4 is 16.8 Å². The molecule has 1 aromatic carbocycles. The van der Waals surface area contributed by atoms with Gasteiger partial charge in [0.15, 0.2) is 0 Å². The third-order valence-electron chi connectivity index (χ3n) is 3.16. The standard InChI is InChI=1S/C12H19N3/c13-8-12-7-10(4-5-15-12)9-2-1-3-11(14)6-9/h1-3,6,10,12,15H,4-5,7-8,13-14H2. The molecule has 0 saturated carbocycles. The molecule has 2 rings (SSSR count). The second-order valence-electron chi connectivity index (χ2n) is 4.28. The van der Waals surface area contributed by atoms with Gasteiger partial charge in [0.1, 0.15) is 0 Å². The molecule has 1 heterocycles. The van der Waals surface area contributed by atoms with Gasteiger partial charge in [0.25, 0.3) is 0 Å². The molecule has 82 valence electrons. The summed E-state index contributed by atoms with van der Waals surface area (Å²) in [6.45, 7) is 1.78. The van der Waals surface area contributed by atoms with E-state index in [2.05, 4.69) is 17.4 Å². The molecule has 2 atom stereocenters. The lowest BCUT2D eigenvalue weighted by atomic mass is 9.86. The van der Waals surface area contributed by atoms with Crippen molar-refractivity contribution in [1.82, 2.24) is 5.32 Å². The van der Waals surface area contributed by atoms with Gasteiger partial charge in [0.2, 0.25) is 0 Å². The van der Waals surface area contributed by atoms with E-state index in [-0.39, 0.29) is 0 Å². The quantitative estimate of drug-likeness (QED) is 0.633. The fourth-order valence-corrected chi connectivity index (χ4v) is 2.30. The summed E-state index contributed by atoms with van der Waals surface area (Å²) >= 11 is 0. The van der Waals surface area contributed by atoms with Gasteiger partial charge in [-0.25, -0.2) is 0 Å². The van der Waals surface area contributed by atoms with Gasteiger partial charge in [-0.05, 0) is 43.0 Å². The van der Waals surface area contributed by atoms with Crippen molar-refractivity contribution in [2.75, 3.05) is 18.8 Å². The summed E-state index contributed by atoms with van der Waals surface area (Å²) in [7, 11) is 0. The molecular weight excluding hydrogens is 186 g/mol. The second-order valence-corrected chi connectivity index (χ2v) is 4.28. The molecule has 1 aliphatic rings. The van der Waals surface area contributed by atoms with E-state index in [0.717, 1.165) is 25.2 Å². The number of piperidine rings is 1. The Hall–Kier alpha value is -1.06. The number of nitrogen functional groups attached to an aromatic ring is 1. The van der Waals surface area contributed by atoms with Gasteiger partial charge in [-0.3, -0.25) is 0 Å². The molecular formula is C12H19N3. The molecule has 15 heavy (non-hydrogen) atoms. The number of rotatable bonds is 2. The Bertz CT molecular complexity index is 324. The summed E-state index contributed by atoms with van der Waals surface area (Å²) in [5.41, 5.74) is 13.7. The Balaban J connectivity index is 2.09. The first-order chi connectivity index (χ1) is 7.29. The van der Waals surface area contributed by atoms with E-state index in [1.807, 2.05) is 12.1 Å². The largest absolute Gasteiger partial charge is 0.399 e. The summed E-state index contributed by atoms with van der Waals surface area (Å²) in [6, 6.07) is 8.68. The number of hydrogen-bond acceptors (Lipinski definition) is 3. The van der Waals surface area contributed by atoms with Crippen molar-refractivity contribution in [2.45, 2.75) is 24.8 Å². The highest BCUT2D eigenvalue weighted by molar-refractivity contribution is 5.42. The van der Waals surface area contributed by atoms with Gasteiger partial charge in [-0.2, -0.15) is 0 Å². The van der Waals surface area contributed by atoms with Gasteiger partial charge < -0.3 is 16.8 Å². The van der Waals surface area contributed by atoms with Gasteiger partial charge in [-0.1, -0.05) is 12.1 Å². The SMILES string of the molecule is NCC1CC(c2cccc(N)c2)CCN1. The van der Waals surface area contributed by atoms with Crippen molar-refractivity contribution < 1.29 is 0 Å². The Morgan fingerprint density at radius 2 is 2.27 bits per heavy atom. The zero-order chi connectivity index (χ0) is 10.7. The maximum Gasteiger partial charge on any atom is 0.0316 e. The molecule has 1 aromatic rings. The zero-order valence-corrected chi connectivity index (χ0v) is 8.95. The summed E-state index contributed by atoms with van der Waals surface area (Å²) in [5, 5.41) is 3.43. The van der Waals surface area contributed by atoms with Crippen molar-refractivity contribution in [3.8, 4) is 0 Å². The zero-order valence-electron chi connectivity index (χ0n) is 8.95. The molecule has 0 aromatic heterocycles. The average Bonchev–Trinajstić information content (AvgIpc) is 2.29. The van der Waals surface area contributed by atoms with Crippen LogP contribution in [-0.2, 0) is 0 Å². The molecule has 0 bridgehead atoms. The second kappa shape index (κ2) is 4.64. The van der Waals surface area contributed by atoms with Crippen molar-refractivity contribution in [3.05, 3.63) is 29.8 Å². The number of benzene rings is 1. The maximum atomic E-state index is 5.79. The fourth-order valence-electron chi connectivity index (χ4n) is 2.30. The first-order valence-electron chi connectivity index (χ1n) is 5.58. The smallest absolute Gasteiger partial charge is 0.0316 e. The Morgan fingerprint density at radius 3 is 3.00 bits per heavy atom. The Labute approximate surface area is 90.8 Å².